The molecule has 0 saturated carbocycles. The minimum absolute atomic E-state index is 0.170. The van der Waals surface area contributed by atoms with Crippen molar-refractivity contribution in [2.24, 2.45) is 10.7 Å². The SMILES string of the molecule is CN1C(=O)C(C)(c2cccc(-c3cc(I)ccc3CNC(=O)Nc3cccc4ccccc34)c2)N=C1N. The third-order valence-electron chi connectivity index (χ3n) is 6.69. The second-order valence-corrected chi connectivity index (χ2v) is 10.4. The number of rotatable bonds is 5. The molecule has 1 aliphatic rings. The summed E-state index contributed by atoms with van der Waals surface area (Å²) in [6.45, 7) is 2.11. The minimum Gasteiger partial charge on any atom is -0.369 e. The third-order valence-corrected chi connectivity index (χ3v) is 7.36. The molecule has 186 valence electrons. The van der Waals surface area contributed by atoms with Gasteiger partial charge >= 0.3 is 6.03 Å². The molecule has 0 bridgehead atoms. The zero-order chi connectivity index (χ0) is 26.2. The van der Waals surface area contributed by atoms with Crippen molar-refractivity contribution in [1.82, 2.24) is 10.2 Å². The van der Waals surface area contributed by atoms with E-state index < -0.39 is 5.54 Å². The molecule has 1 unspecified atom stereocenters. The van der Waals surface area contributed by atoms with E-state index in [2.05, 4.69) is 44.3 Å². The molecule has 4 aromatic carbocycles. The number of aliphatic imine (C=N–C) groups is 1. The molecule has 1 heterocycles. The number of halogens is 1. The van der Waals surface area contributed by atoms with E-state index >= 15 is 0 Å². The summed E-state index contributed by atoms with van der Waals surface area (Å²) < 4.78 is 1.06. The summed E-state index contributed by atoms with van der Waals surface area (Å²) in [5, 5.41) is 8.00. The van der Waals surface area contributed by atoms with Crippen LogP contribution in [0.2, 0.25) is 0 Å². The van der Waals surface area contributed by atoms with E-state index in [0.717, 1.165) is 42.3 Å². The number of hydrogen-bond acceptors (Lipinski definition) is 4. The predicted octanol–water partition coefficient (Wildman–Crippen LogP) is 5.44. The number of fused-ring (bicyclic) bond motifs is 1. The molecule has 0 spiro atoms. The maximum atomic E-state index is 12.9. The molecule has 1 aliphatic heterocycles. The zero-order valence-electron chi connectivity index (χ0n) is 20.5. The Morgan fingerprint density at radius 3 is 2.57 bits per heavy atom. The Morgan fingerprint density at radius 2 is 1.78 bits per heavy atom. The Kier molecular flexibility index (Phi) is 6.59. The lowest BCUT2D eigenvalue weighted by Gasteiger charge is -2.21. The van der Waals surface area contributed by atoms with Crippen LogP contribution in [-0.4, -0.2) is 29.8 Å². The van der Waals surface area contributed by atoms with E-state index in [1.165, 1.54) is 4.90 Å². The second kappa shape index (κ2) is 9.85. The predicted molar refractivity (Wildman–Crippen MR) is 156 cm³/mol. The normalized spacial score (nSPS) is 17.1. The highest BCUT2D eigenvalue weighted by molar-refractivity contribution is 14.1. The van der Waals surface area contributed by atoms with Crippen molar-refractivity contribution < 1.29 is 9.59 Å². The molecule has 0 radical (unpaired) electrons. The van der Waals surface area contributed by atoms with Gasteiger partial charge < -0.3 is 16.4 Å². The van der Waals surface area contributed by atoms with Crippen LogP contribution < -0.4 is 16.4 Å². The smallest absolute Gasteiger partial charge is 0.319 e. The van der Waals surface area contributed by atoms with Crippen LogP contribution in [-0.2, 0) is 16.9 Å². The van der Waals surface area contributed by atoms with E-state index in [9.17, 15) is 9.59 Å². The Labute approximate surface area is 228 Å². The maximum absolute atomic E-state index is 12.9. The summed E-state index contributed by atoms with van der Waals surface area (Å²) in [5.74, 6) is 0.0334. The van der Waals surface area contributed by atoms with Gasteiger partial charge in [-0.15, -0.1) is 0 Å². The molecule has 0 aromatic heterocycles. The molecule has 8 heteroatoms. The number of likely N-dealkylation sites (N-methyl/N-ethyl adjacent to an activating group) is 1. The summed E-state index contributed by atoms with van der Waals surface area (Å²) in [6.07, 6.45) is 0. The van der Waals surface area contributed by atoms with Gasteiger partial charge in [-0.25, -0.2) is 9.79 Å². The quantitative estimate of drug-likeness (QED) is 0.265. The highest BCUT2D eigenvalue weighted by Crippen LogP contribution is 2.35. The van der Waals surface area contributed by atoms with Gasteiger partial charge in [0.1, 0.15) is 0 Å². The number of nitrogens with one attached hydrogen (secondary N) is 2. The molecule has 0 aliphatic carbocycles. The van der Waals surface area contributed by atoms with E-state index in [1.54, 1.807) is 14.0 Å². The number of hydrogen-bond donors (Lipinski definition) is 3. The van der Waals surface area contributed by atoms with Gasteiger partial charge in [0.05, 0.1) is 5.69 Å². The molecular weight excluding hydrogens is 577 g/mol. The molecule has 1 atom stereocenters. The molecule has 0 fully saturated rings. The van der Waals surface area contributed by atoms with Crippen LogP contribution in [0.1, 0.15) is 18.1 Å². The van der Waals surface area contributed by atoms with Crippen molar-refractivity contribution in [2.45, 2.75) is 19.0 Å². The fraction of sp³-hybridized carbons (Fsp3) is 0.138. The first-order valence-electron chi connectivity index (χ1n) is 11.8. The number of amides is 3. The maximum Gasteiger partial charge on any atom is 0.319 e. The van der Waals surface area contributed by atoms with Gasteiger partial charge in [-0.05, 0) is 81.4 Å². The van der Waals surface area contributed by atoms with Crippen LogP contribution in [0.3, 0.4) is 0 Å². The lowest BCUT2D eigenvalue weighted by Crippen LogP contribution is -2.38. The fourth-order valence-electron chi connectivity index (χ4n) is 4.61. The van der Waals surface area contributed by atoms with Crippen molar-refractivity contribution in [3.05, 3.63) is 99.6 Å². The fourth-order valence-corrected chi connectivity index (χ4v) is 5.10. The summed E-state index contributed by atoms with van der Waals surface area (Å²) in [6, 6.07) is 27.3. The number of anilines is 1. The van der Waals surface area contributed by atoms with Crippen LogP contribution in [0.5, 0.6) is 0 Å². The van der Waals surface area contributed by atoms with Crippen molar-refractivity contribution in [1.29, 1.82) is 0 Å². The van der Waals surface area contributed by atoms with Gasteiger partial charge in [-0.1, -0.05) is 60.7 Å². The number of benzene rings is 4. The molecule has 7 nitrogen and oxygen atoms in total. The van der Waals surface area contributed by atoms with Gasteiger partial charge in [0.25, 0.3) is 5.91 Å². The first kappa shape index (κ1) is 24.8. The average molecular weight is 603 g/mol. The molecule has 37 heavy (non-hydrogen) atoms. The summed E-state index contributed by atoms with van der Waals surface area (Å²) in [7, 11) is 1.63. The van der Waals surface area contributed by atoms with Gasteiger partial charge in [0.2, 0.25) is 0 Å². The van der Waals surface area contributed by atoms with Gasteiger partial charge in [-0.3, -0.25) is 9.69 Å². The lowest BCUT2D eigenvalue weighted by atomic mass is 9.89. The first-order valence-corrected chi connectivity index (χ1v) is 12.9. The second-order valence-electron chi connectivity index (χ2n) is 9.12. The standard InChI is InChI=1S/C29H26IN5O2/c1-29(26(36)35(2)27(31)34-29)21-10-5-9-19(15-21)24-16-22(30)14-13-20(24)17-32-28(37)33-25-12-6-8-18-7-3-4-11-23(18)25/h3-16H,17H2,1-2H3,(H2,31,34)(H2,32,33,37). The first-order chi connectivity index (χ1) is 17.8. The number of guanidine groups is 1. The Bertz CT molecular complexity index is 1560. The van der Waals surface area contributed by atoms with Gasteiger partial charge in [0, 0.05) is 22.5 Å². The number of nitrogens with zero attached hydrogens (tertiary/aromatic N) is 2. The number of nitrogens with two attached hydrogens (primary N) is 1. The third kappa shape index (κ3) is 4.76. The lowest BCUT2D eigenvalue weighted by molar-refractivity contribution is -0.130. The molecule has 3 amide bonds. The molecule has 4 N–H and O–H groups in total. The molecule has 4 aromatic rings. The summed E-state index contributed by atoms with van der Waals surface area (Å²) >= 11 is 2.27. The molecular formula is C29H26IN5O2. The minimum atomic E-state index is -1.08. The van der Waals surface area contributed by atoms with Crippen LogP contribution in [0.25, 0.3) is 21.9 Å². The molecule has 5 rings (SSSR count). The van der Waals surface area contributed by atoms with E-state index in [4.69, 9.17) is 5.73 Å². The highest BCUT2D eigenvalue weighted by atomic mass is 127. The topological polar surface area (TPSA) is 99.8 Å². The van der Waals surface area contributed by atoms with E-state index in [0.29, 0.717) is 6.54 Å². The molecule has 0 saturated heterocycles. The van der Waals surface area contributed by atoms with E-state index in [1.807, 2.05) is 78.9 Å². The van der Waals surface area contributed by atoms with Crippen LogP contribution in [0.15, 0.2) is 89.9 Å². The summed E-state index contributed by atoms with van der Waals surface area (Å²) in [4.78, 5) is 31.5. The Balaban J connectivity index is 1.39. The zero-order valence-corrected chi connectivity index (χ0v) is 22.6. The van der Waals surface area contributed by atoms with Crippen LogP contribution >= 0.6 is 22.6 Å². The van der Waals surface area contributed by atoms with Crippen LogP contribution in [0.4, 0.5) is 10.5 Å². The average Bonchev–Trinajstić information content (AvgIpc) is 3.11. The Hall–Kier alpha value is -3.92. The highest BCUT2D eigenvalue weighted by Gasteiger charge is 2.43. The van der Waals surface area contributed by atoms with Crippen LogP contribution in [0, 0.1) is 3.57 Å². The number of carbonyl (C=O) groups is 2. The van der Waals surface area contributed by atoms with Crippen molar-refractivity contribution >= 4 is 56.9 Å². The van der Waals surface area contributed by atoms with Gasteiger partial charge in [0.15, 0.2) is 11.5 Å². The van der Waals surface area contributed by atoms with E-state index in [-0.39, 0.29) is 17.9 Å². The van der Waals surface area contributed by atoms with Crippen molar-refractivity contribution in [2.75, 3.05) is 12.4 Å². The Morgan fingerprint density at radius 1 is 1.03 bits per heavy atom. The van der Waals surface area contributed by atoms with Crippen molar-refractivity contribution in [3.8, 4) is 11.1 Å². The monoisotopic (exact) mass is 603 g/mol. The number of carbonyl (C=O) groups excluding carboxylic acids is 2. The number of urea groups is 1. The van der Waals surface area contributed by atoms with Gasteiger partial charge in [-0.2, -0.15) is 0 Å². The summed E-state index contributed by atoms with van der Waals surface area (Å²) in [5.41, 5.74) is 9.23. The van der Waals surface area contributed by atoms with Crippen molar-refractivity contribution in [3.63, 3.8) is 0 Å². The largest absolute Gasteiger partial charge is 0.369 e.